The van der Waals surface area contributed by atoms with E-state index in [0.29, 0.717) is 11.3 Å². The third-order valence-electron chi connectivity index (χ3n) is 3.95. The van der Waals surface area contributed by atoms with Gasteiger partial charge < -0.3 is 0 Å². The van der Waals surface area contributed by atoms with Crippen LogP contribution in [0.1, 0.15) is 37.7 Å². The second-order valence-electron chi connectivity index (χ2n) is 5.38. The van der Waals surface area contributed by atoms with Crippen molar-refractivity contribution in [3.05, 3.63) is 29.8 Å². The van der Waals surface area contributed by atoms with Crippen molar-refractivity contribution < 1.29 is 8.42 Å². The molecule has 4 nitrogen and oxygen atoms in total. The number of hydrogen-bond donors (Lipinski definition) is 0. The summed E-state index contributed by atoms with van der Waals surface area (Å²) in [4.78, 5) is 0. The summed E-state index contributed by atoms with van der Waals surface area (Å²) in [5.74, 6) is 0.439. The van der Waals surface area contributed by atoms with Crippen LogP contribution in [0.5, 0.6) is 0 Å². The van der Waals surface area contributed by atoms with Crippen LogP contribution < -0.4 is 4.31 Å². The molecule has 0 atom stereocenters. The van der Waals surface area contributed by atoms with Gasteiger partial charge in [-0.3, -0.25) is 4.31 Å². The first-order chi connectivity index (χ1) is 9.54. The van der Waals surface area contributed by atoms with Crippen LogP contribution in [0.3, 0.4) is 0 Å². The maximum absolute atomic E-state index is 12.5. The predicted octanol–water partition coefficient (Wildman–Crippen LogP) is 2.90. The van der Waals surface area contributed by atoms with E-state index in [9.17, 15) is 8.42 Å². The van der Waals surface area contributed by atoms with Crippen molar-refractivity contribution in [3.8, 4) is 6.07 Å². The zero-order valence-corrected chi connectivity index (χ0v) is 12.6. The number of sulfonamides is 1. The number of benzene rings is 1. The Morgan fingerprint density at radius 1 is 1.25 bits per heavy atom. The second-order valence-corrected chi connectivity index (χ2v) is 7.42. The molecule has 1 aliphatic rings. The molecule has 1 aromatic rings. The number of hydrogen-bond acceptors (Lipinski definition) is 3. The maximum atomic E-state index is 12.5. The van der Waals surface area contributed by atoms with E-state index >= 15 is 0 Å². The molecular weight excluding hydrogens is 272 g/mol. The zero-order chi connectivity index (χ0) is 14.6. The van der Waals surface area contributed by atoms with Crippen molar-refractivity contribution in [1.82, 2.24) is 0 Å². The van der Waals surface area contributed by atoms with E-state index in [-0.39, 0.29) is 11.7 Å². The van der Waals surface area contributed by atoms with Gasteiger partial charge in [0.2, 0.25) is 10.0 Å². The smallest absolute Gasteiger partial charge is 0.235 e. The molecule has 0 aromatic heterocycles. The Bertz CT molecular complexity index is 599. The highest BCUT2D eigenvalue weighted by Crippen LogP contribution is 2.28. The molecule has 1 saturated carbocycles. The Morgan fingerprint density at radius 2 is 1.90 bits per heavy atom. The number of rotatable bonds is 4. The van der Waals surface area contributed by atoms with E-state index in [1.165, 1.54) is 17.8 Å². The third kappa shape index (κ3) is 3.31. The molecule has 20 heavy (non-hydrogen) atoms. The van der Waals surface area contributed by atoms with Crippen LogP contribution >= 0.6 is 0 Å². The fourth-order valence-electron chi connectivity index (χ4n) is 2.76. The van der Waals surface area contributed by atoms with Crippen molar-refractivity contribution in [3.63, 3.8) is 0 Å². The van der Waals surface area contributed by atoms with Gasteiger partial charge >= 0.3 is 0 Å². The van der Waals surface area contributed by atoms with Gasteiger partial charge in [0.1, 0.15) is 6.07 Å². The monoisotopic (exact) mass is 292 g/mol. The molecule has 0 saturated heterocycles. The summed E-state index contributed by atoms with van der Waals surface area (Å²) < 4.78 is 26.2. The predicted molar refractivity (Wildman–Crippen MR) is 79.9 cm³/mol. The molecule has 0 spiro atoms. The summed E-state index contributed by atoms with van der Waals surface area (Å²) in [5, 5.41) is 9.08. The van der Waals surface area contributed by atoms with Gasteiger partial charge in [0.05, 0.1) is 17.0 Å². The molecule has 0 heterocycles. The summed E-state index contributed by atoms with van der Waals surface area (Å²) in [6.07, 6.45) is 5.45. The van der Waals surface area contributed by atoms with Crippen LogP contribution in [0.4, 0.5) is 5.69 Å². The Labute approximate surface area is 121 Å². The van der Waals surface area contributed by atoms with Crippen molar-refractivity contribution in [1.29, 1.82) is 5.26 Å². The van der Waals surface area contributed by atoms with Gasteiger partial charge in [0.25, 0.3) is 0 Å². The van der Waals surface area contributed by atoms with Crippen molar-refractivity contribution in [2.45, 2.75) is 32.1 Å². The minimum atomic E-state index is -3.36. The van der Waals surface area contributed by atoms with Crippen LogP contribution in [0.25, 0.3) is 0 Å². The highest BCUT2D eigenvalue weighted by molar-refractivity contribution is 7.92. The molecule has 0 aliphatic heterocycles. The van der Waals surface area contributed by atoms with E-state index in [0.717, 1.165) is 25.7 Å². The standard InChI is InChI=1S/C15H20N2O2S/c1-17(15-10-6-5-9-14(15)11-16)20(18,19)12-13-7-3-2-4-8-13/h5-6,9-10,13H,2-4,7-8,12H2,1H3. The Hall–Kier alpha value is -1.54. The van der Waals surface area contributed by atoms with Gasteiger partial charge in [-0.2, -0.15) is 5.26 Å². The lowest BCUT2D eigenvalue weighted by atomic mass is 9.91. The number of nitriles is 1. The average molecular weight is 292 g/mol. The van der Waals surface area contributed by atoms with E-state index in [2.05, 4.69) is 0 Å². The van der Waals surface area contributed by atoms with Gasteiger partial charge in [0, 0.05) is 7.05 Å². The number of para-hydroxylation sites is 1. The molecule has 5 heteroatoms. The third-order valence-corrected chi connectivity index (χ3v) is 5.88. The Morgan fingerprint density at radius 3 is 2.55 bits per heavy atom. The van der Waals surface area contributed by atoms with E-state index in [4.69, 9.17) is 5.26 Å². The first-order valence-corrected chi connectivity index (χ1v) is 8.61. The highest BCUT2D eigenvalue weighted by Gasteiger charge is 2.26. The summed E-state index contributed by atoms with van der Waals surface area (Å²) in [6.45, 7) is 0. The minimum Gasteiger partial charge on any atom is -0.272 e. The lowest BCUT2D eigenvalue weighted by Gasteiger charge is -2.26. The maximum Gasteiger partial charge on any atom is 0.235 e. The first-order valence-electron chi connectivity index (χ1n) is 7.00. The molecule has 0 radical (unpaired) electrons. The van der Waals surface area contributed by atoms with Crippen molar-refractivity contribution >= 4 is 15.7 Å². The van der Waals surface area contributed by atoms with Gasteiger partial charge in [-0.25, -0.2) is 8.42 Å². The van der Waals surface area contributed by atoms with Gasteiger partial charge in [-0.05, 0) is 30.9 Å². The van der Waals surface area contributed by atoms with Gasteiger partial charge in [0.15, 0.2) is 0 Å². The number of nitrogens with zero attached hydrogens (tertiary/aromatic N) is 2. The Balaban J connectivity index is 2.18. The van der Waals surface area contributed by atoms with Crippen LogP contribution in [-0.4, -0.2) is 21.2 Å². The first kappa shape index (κ1) is 14.9. The molecule has 108 valence electrons. The summed E-state index contributed by atoms with van der Waals surface area (Å²) in [7, 11) is -1.83. The van der Waals surface area contributed by atoms with E-state index in [1.54, 1.807) is 24.3 Å². The van der Waals surface area contributed by atoms with Crippen LogP contribution in [0.2, 0.25) is 0 Å². The molecule has 0 N–H and O–H groups in total. The molecule has 1 aromatic carbocycles. The summed E-state index contributed by atoms with van der Waals surface area (Å²) in [5.41, 5.74) is 0.855. The molecule has 1 fully saturated rings. The molecule has 1 aliphatic carbocycles. The van der Waals surface area contributed by atoms with Crippen LogP contribution in [-0.2, 0) is 10.0 Å². The Kier molecular flexibility index (Phi) is 4.66. The molecule has 0 unspecified atom stereocenters. The highest BCUT2D eigenvalue weighted by atomic mass is 32.2. The van der Waals surface area contributed by atoms with E-state index < -0.39 is 10.0 Å². The molecule has 0 bridgehead atoms. The fourth-order valence-corrected chi connectivity index (χ4v) is 4.37. The summed E-state index contributed by atoms with van der Waals surface area (Å²) >= 11 is 0. The topological polar surface area (TPSA) is 61.2 Å². The normalized spacial score (nSPS) is 16.6. The largest absolute Gasteiger partial charge is 0.272 e. The average Bonchev–Trinajstić information content (AvgIpc) is 2.47. The van der Waals surface area contributed by atoms with E-state index in [1.807, 2.05) is 6.07 Å². The SMILES string of the molecule is CN(c1ccccc1C#N)S(=O)(=O)CC1CCCCC1. The lowest BCUT2D eigenvalue weighted by molar-refractivity contribution is 0.385. The minimum absolute atomic E-state index is 0.184. The zero-order valence-electron chi connectivity index (χ0n) is 11.7. The molecular formula is C15H20N2O2S. The summed E-state index contributed by atoms with van der Waals surface area (Å²) in [6, 6.07) is 8.86. The second kappa shape index (κ2) is 6.27. The van der Waals surface area contributed by atoms with Crippen molar-refractivity contribution in [2.75, 3.05) is 17.1 Å². The lowest BCUT2D eigenvalue weighted by Crippen LogP contribution is -2.33. The van der Waals surface area contributed by atoms with Crippen LogP contribution in [0.15, 0.2) is 24.3 Å². The fraction of sp³-hybridized carbons (Fsp3) is 0.533. The van der Waals surface area contributed by atoms with Gasteiger partial charge in [-0.1, -0.05) is 31.4 Å². The molecule has 2 rings (SSSR count). The van der Waals surface area contributed by atoms with Crippen LogP contribution in [0, 0.1) is 17.2 Å². The van der Waals surface area contributed by atoms with Gasteiger partial charge in [-0.15, -0.1) is 0 Å². The number of anilines is 1. The molecule has 0 amide bonds. The quantitative estimate of drug-likeness (QED) is 0.857. The van der Waals surface area contributed by atoms with Crippen molar-refractivity contribution in [2.24, 2.45) is 5.92 Å².